The fourth-order valence-electron chi connectivity index (χ4n) is 4.24. The van der Waals surface area contributed by atoms with Gasteiger partial charge in [0.1, 0.15) is 0 Å². The molecule has 2 aliphatic heterocycles. The fourth-order valence-corrected chi connectivity index (χ4v) is 4.24. The van der Waals surface area contributed by atoms with E-state index in [2.05, 4.69) is 19.9 Å². The molecule has 0 amide bonds. The number of carbonyl (C=O) groups is 4. The van der Waals surface area contributed by atoms with Gasteiger partial charge in [-0.15, -0.1) is 22.1 Å². The number of hydrogen-bond donors (Lipinski definition) is 1. The molecule has 0 radical (unpaired) electrons. The summed E-state index contributed by atoms with van der Waals surface area (Å²) in [6, 6.07) is 5.84. The van der Waals surface area contributed by atoms with Gasteiger partial charge in [-0.1, -0.05) is 24.3 Å². The maximum absolute atomic E-state index is 12.8. The summed E-state index contributed by atoms with van der Waals surface area (Å²) in [5.41, 5.74) is 0.322. The molecular weight excluding hydrogens is 563 g/mol. The van der Waals surface area contributed by atoms with Gasteiger partial charge in [0.05, 0.1) is 66.4 Å². The molecule has 0 saturated heterocycles. The Labute approximate surface area is 236 Å². The van der Waals surface area contributed by atoms with Crippen molar-refractivity contribution in [2.24, 2.45) is 0 Å². The topological polar surface area (TPSA) is 170 Å². The minimum absolute atomic E-state index is 0. The van der Waals surface area contributed by atoms with E-state index in [0.29, 0.717) is 0 Å². The van der Waals surface area contributed by atoms with Gasteiger partial charge in [-0.05, 0) is 24.3 Å². The Balaban J connectivity index is 0.00000370. The summed E-state index contributed by atoms with van der Waals surface area (Å²) in [6.07, 6.45) is 5.84. The smallest absolute Gasteiger partial charge is 0.656 e. The van der Waals surface area contributed by atoms with Gasteiger partial charge in [-0.25, -0.2) is 29.1 Å². The first-order valence-electron chi connectivity index (χ1n) is 11.3. The predicted octanol–water partition coefficient (Wildman–Crippen LogP) is 2.97. The second-order valence-electron chi connectivity index (χ2n) is 8.14. The van der Waals surface area contributed by atoms with E-state index in [1.807, 2.05) is 0 Å². The molecule has 0 atom stereocenters. The van der Waals surface area contributed by atoms with Gasteiger partial charge in [0, 0.05) is 0 Å². The van der Waals surface area contributed by atoms with E-state index in [1.54, 1.807) is 0 Å². The quantitative estimate of drug-likeness (QED) is 0.187. The van der Waals surface area contributed by atoms with Crippen molar-refractivity contribution < 1.29 is 55.6 Å². The molecule has 3 aromatic heterocycles. The summed E-state index contributed by atoms with van der Waals surface area (Å²) in [6.45, 7) is 0. The zero-order valence-electron chi connectivity index (χ0n) is 21.1. The van der Waals surface area contributed by atoms with E-state index in [1.165, 1.54) is 69.9 Å². The van der Waals surface area contributed by atoms with E-state index in [4.69, 9.17) is 14.2 Å². The molecule has 0 fully saturated rings. The average Bonchev–Trinajstić information content (AvgIpc) is 3.73. The Hall–Kier alpha value is -5.00. The van der Waals surface area contributed by atoms with Crippen molar-refractivity contribution in [3.8, 4) is 0 Å². The van der Waals surface area contributed by atoms with Crippen molar-refractivity contribution in [3.63, 3.8) is 0 Å². The first kappa shape index (κ1) is 28.0. The zero-order valence-corrected chi connectivity index (χ0v) is 22.3. The number of carboxylic acid groups (broad SMARTS) is 1. The standard InChI is InChI=1S/C27H20N4O8.Mn/c1-37-25(34)21-14-6-4-12(28-14)20(24(32)33)13-5-7-15(29-13)22(26(35)38-2)17-9-11-19(31-17)23(27(36)39-3)18-10-8-16(21)30-18;/h4-11H,1-3H3,(H3,28,29,30,31,32,33,34,35,36);/q;+3/p-2. The van der Waals surface area contributed by atoms with Crippen LogP contribution in [-0.4, -0.2) is 60.3 Å². The number of ether oxygens (including phenoxy) is 3. The molecule has 0 spiro atoms. The van der Waals surface area contributed by atoms with Crippen LogP contribution in [0.3, 0.4) is 0 Å². The number of nitrogens with zero attached hydrogens (tertiary/aromatic N) is 4. The Morgan fingerprint density at radius 3 is 1.12 bits per heavy atom. The molecular formula is C27H18MnN4O8+. The van der Waals surface area contributed by atoms with Crippen LogP contribution in [0.4, 0.5) is 0 Å². The summed E-state index contributed by atoms with van der Waals surface area (Å²) >= 11 is 0. The largest absolute Gasteiger partial charge is 3.00 e. The molecule has 12 nitrogen and oxygen atoms in total. The molecule has 5 rings (SSSR count). The van der Waals surface area contributed by atoms with Crippen molar-refractivity contribution >= 4 is 70.2 Å². The van der Waals surface area contributed by atoms with Gasteiger partial charge >= 0.3 is 40.9 Å². The summed E-state index contributed by atoms with van der Waals surface area (Å²) < 4.78 is 14.8. The third-order valence-electron chi connectivity index (χ3n) is 5.99. The second kappa shape index (κ2) is 11.0. The van der Waals surface area contributed by atoms with Crippen LogP contribution in [0.25, 0.3) is 46.4 Å². The first-order chi connectivity index (χ1) is 18.8. The molecule has 1 N–H and O–H groups in total. The van der Waals surface area contributed by atoms with Gasteiger partial charge in [0.15, 0.2) is 0 Å². The van der Waals surface area contributed by atoms with Crippen molar-refractivity contribution in [2.45, 2.75) is 0 Å². The van der Waals surface area contributed by atoms with Crippen LogP contribution >= 0.6 is 0 Å². The fraction of sp³-hybridized carbons (Fsp3) is 0.111. The van der Waals surface area contributed by atoms with Gasteiger partial charge in [0.25, 0.3) is 0 Å². The van der Waals surface area contributed by atoms with E-state index in [-0.39, 0.29) is 84.2 Å². The van der Waals surface area contributed by atoms with Crippen molar-refractivity contribution in [3.05, 3.63) is 69.3 Å². The van der Waals surface area contributed by atoms with Crippen LogP contribution in [0, 0.1) is 0 Å². The van der Waals surface area contributed by atoms with Crippen molar-refractivity contribution in [1.29, 1.82) is 0 Å². The molecule has 200 valence electrons. The van der Waals surface area contributed by atoms with Gasteiger partial charge in [0.2, 0.25) is 0 Å². The molecule has 8 bridgehead atoms. The number of hydrogen-bond acceptors (Lipinski definition) is 9. The molecule has 13 heteroatoms. The number of aromatic nitrogens is 4. The number of fused-ring (bicyclic) bond motifs is 8. The Morgan fingerprint density at radius 1 is 0.575 bits per heavy atom. The molecule has 2 aliphatic rings. The summed E-state index contributed by atoms with van der Waals surface area (Å²) in [5, 5.41) is 10.0. The maximum Gasteiger partial charge on any atom is 3.00 e. The van der Waals surface area contributed by atoms with Crippen LogP contribution in [-0.2, 0) is 31.3 Å². The molecule has 0 unspecified atom stereocenters. The normalized spacial score (nSPS) is 11.5. The second-order valence-corrected chi connectivity index (χ2v) is 8.14. The monoisotopic (exact) mass is 581 g/mol. The average molecular weight is 581 g/mol. The number of carboxylic acids is 1. The maximum atomic E-state index is 12.8. The number of esters is 3. The minimum atomic E-state index is -1.33. The third-order valence-corrected chi connectivity index (χ3v) is 5.99. The van der Waals surface area contributed by atoms with E-state index >= 15 is 0 Å². The van der Waals surface area contributed by atoms with Crippen LogP contribution in [0.1, 0.15) is 64.2 Å². The zero-order chi connectivity index (χ0) is 27.8. The Bertz CT molecular complexity index is 1800. The molecule has 5 heterocycles. The van der Waals surface area contributed by atoms with E-state index in [9.17, 15) is 24.3 Å². The molecule has 0 saturated carbocycles. The Kier molecular flexibility index (Phi) is 7.71. The van der Waals surface area contributed by atoms with E-state index < -0.39 is 23.9 Å². The molecule has 40 heavy (non-hydrogen) atoms. The van der Waals surface area contributed by atoms with Crippen LogP contribution in [0.2, 0.25) is 0 Å². The molecule has 3 aromatic rings. The van der Waals surface area contributed by atoms with Gasteiger partial charge < -0.3 is 29.3 Å². The SMILES string of the molecule is COC(=O)c1c2nc(c(C(=O)OC)c3ccc([n-]3)c(C(=O)OC)c3nc(c(C(=O)O)c4ccc1[n-]4)C=C3)C=C2.[Mn+3]. The van der Waals surface area contributed by atoms with Gasteiger partial charge in [-0.2, -0.15) is 0 Å². The van der Waals surface area contributed by atoms with Crippen molar-refractivity contribution in [2.75, 3.05) is 21.3 Å². The van der Waals surface area contributed by atoms with Crippen LogP contribution in [0.5, 0.6) is 0 Å². The van der Waals surface area contributed by atoms with Crippen LogP contribution < -0.4 is 9.97 Å². The summed E-state index contributed by atoms with van der Waals surface area (Å²) in [7, 11) is 3.56. The first-order valence-corrected chi connectivity index (χ1v) is 11.3. The van der Waals surface area contributed by atoms with Crippen molar-refractivity contribution in [1.82, 2.24) is 19.9 Å². The minimum Gasteiger partial charge on any atom is -0.656 e. The summed E-state index contributed by atoms with van der Waals surface area (Å²) in [5.74, 6) is -3.64. The van der Waals surface area contributed by atoms with Crippen LogP contribution in [0.15, 0.2) is 24.3 Å². The van der Waals surface area contributed by atoms with E-state index in [0.717, 1.165) is 0 Å². The third kappa shape index (κ3) is 4.68. The predicted molar refractivity (Wildman–Crippen MR) is 138 cm³/mol. The number of methoxy groups -OCH3 is 3. The number of rotatable bonds is 4. The summed E-state index contributed by atoms with van der Waals surface area (Å²) in [4.78, 5) is 68.4. The number of aromatic carboxylic acids is 1. The van der Waals surface area contributed by atoms with Gasteiger partial charge in [-0.3, -0.25) is 0 Å². The molecule has 0 aliphatic carbocycles. The molecule has 0 aromatic carbocycles. The number of carbonyl (C=O) groups excluding carboxylic acids is 3. The Morgan fingerprint density at radius 2 is 0.850 bits per heavy atom.